The molecule has 0 saturated carbocycles. The van der Waals surface area contributed by atoms with Crippen LogP contribution in [0.2, 0.25) is 6.55 Å². The molecule has 3 aromatic rings. The Kier molecular flexibility index (Phi) is 4.69. The van der Waals surface area contributed by atoms with Crippen molar-refractivity contribution in [3.05, 3.63) is 84.7 Å². The molecular formula is C19H18N2SSiTe. The Balaban J connectivity index is 1.70. The Bertz CT molecular complexity index is 831. The summed E-state index contributed by atoms with van der Waals surface area (Å²) in [6.07, 6.45) is 1.90. The quantitative estimate of drug-likeness (QED) is 0.550. The molecule has 0 saturated heterocycles. The van der Waals surface area contributed by atoms with Gasteiger partial charge in [-0.25, -0.2) is 0 Å². The molecule has 2 heterocycles. The minimum atomic E-state index is -1.60. The maximum atomic E-state index is 4.57. The van der Waals surface area contributed by atoms with E-state index >= 15 is 0 Å². The molecule has 0 fully saturated rings. The molecule has 0 N–H and O–H groups in total. The number of fused-ring (bicyclic) bond motifs is 1. The van der Waals surface area contributed by atoms with E-state index in [4.69, 9.17) is 0 Å². The fraction of sp³-hybridized carbons (Fsp3) is 0.105. The first-order valence-electron chi connectivity index (χ1n) is 7.94. The number of rotatable bonds is 4. The third-order valence-corrected chi connectivity index (χ3v) is 21.2. The molecule has 1 atom stereocenters. The second-order valence-corrected chi connectivity index (χ2v) is 24.3. The second-order valence-electron chi connectivity index (χ2n) is 5.79. The summed E-state index contributed by atoms with van der Waals surface area (Å²) in [5.74, 6) is 0. The Morgan fingerprint density at radius 1 is 0.958 bits per heavy atom. The zero-order chi connectivity index (χ0) is 16.4. The average Bonchev–Trinajstić information content (AvgIpc) is 2.88. The first-order chi connectivity index (χ1) is 11.7. The molecule has 4 rings (SSSR count). The summed E-state index contributed by atoms with van der Waals surface area (Å²) in [5.41, 5.74) is 2.57. The molecule has 0 bridgehead atoms. The average molecular weight is 462 g/mol. The van der Waals surface area contributed by atoms with Crippen LogP contribution in [0.25, 0.3) is 0 Å². The van der Waals surface area contributed by atoms with Crippen LogP contribution >= 0.6 is 11.2 Å². The Labute approximate surface area is 157 Å². The number of para-hydroxylation sites is 1. The molecule has 2 nitrogen and oxygen atoms in total. The third-order valence-electron chi connectivity index (χ3n) is 4.04. The van der Waals surface area contributed by atoms with Crippen LogP contribution < -0.4 is 8.18 Å². The number of anilines is 1. The van der Waals surface area contributed by atoms with Gasteiger partial charge in [-0.05, 0) is 0 Å². The first kappa shape index (κ1) is 16.2. The fourth-order valence-corrected chi connectivity index (χ4v) is 21.4. The van der Waals surface area contributed by atoms with Gasteiger partial charge in [0.2, 0.25) is 0 Å². The van der Waals surface area contributed by atoms with E-state index in [-0.39, 0.29) is 20.1 Å². The van der Waals surface area contributed by atoms with Crippen molar-refractivity contribution < 1.29 is 0 Å². The predicted octanol–water partition coefficient (Wildman–Crippen LogP) is 3.79. The summed E-state index contributed by atoms with van der Waals surface area (Å²) >= 11 is 1.89. The van der Waals surface area contributed by atoms with Crippen LogP contribution in [0.15, 0.2) is 83.9 Å². The summed E-state index contributed by atoms with van der Waals surface area (Å²) in [6, 6.07) is 26.2. The number of nitrogens with zero attached hydrogens (tertiary/aromatic N) is 2. The van der Waals surface area contributed by atoms with Crippen molar-refractivity contribution in [2.75, 3.05) is 4.57 Å². The standard InChI is InChI=1S/C19H18N2SSiTe/c1-23(24-17-10-3-2-4-11-17)21(15-16-9-7-8-14-20-16)18-12-5-6-13-19(18)22-23/h2-14H,15H2,1H3. The van der Waals surface area contributed by atoms with Crippen molar-refractivity contribution in [1.82, 2.24) is 4.98 Å². The molecule has 0 amide bonds. The topological polar surface area (TPSA) is 16.1 Å². The Hall–Kier alpha value is -1.25. The molecule has 0 aliphatic carbocycles. The molecule has 24 heavy (non-hydrogen) atoms. The van der Waals surface area contributed by atoms with Gasteiger partial charge >= 0.3 is 158 Å². The van der Waals surface area contributed by atoms with Gasteiger partial charge in [-0.1, -0.05) is 0 Å². The third kappa shape index (κ3) is 3.27. The molecular weight excluding hydrogens is 444 g/mol. The second kappa shape index (κ2) is 6.93. The van der Waals surface area contributed by atoms with Gasteiger partial charge in [-0.15, -0.1) is 0 Å². The van der Waals surface area contributed by atoms with Crippen LogP contribution in [0.4, 0.5) is 5.69 Å². The van der Waals surface area contributed by atoms with Gasteiger partial charge in [0.15, 0.2) is 0 Å². The fourth-order valence-electron chi connectivity index (χ4n) is 2.91. The molecule has 1 aliphatic rings. The van der Waals surface area contributed by atoms with Crippen LogP contribution in [0.5, 0.6) is 0 Å². The van der Waals surface area contributed by atoms with Crippen molar-refractivity contribution >= 4 is 45.6 Å². The number of hydrogen-bond acceptors (Lipinski definition) is 3. The van der Waals surface area contributed by atoms with Gasteiger partial charge in [-0.2, -0.15) is 0 Å². The first-order valence-corrected chi connectivity index (χ1v) is 16.5. The van der Waals surface area contributed by atoms with Gasteiger partial charge in [-0.3, -0.25) is 0 Å². The molecule has 0 radical (unpaired) electrons. The molecule has 5 heteroatoms. The van der Waals surface area contributed by atoms with Crippen LogP contribution in [-0.2, 0) is 6.54 Å². The Morgan fingerprint density at radius 2 is 1.71 bits per heavy atom. The van der Waals surface area contributed by atoms with Gasteiger partial charge in [0.25, 0.3) is 0 Å². The van der Waals surface area contributed by atoms with E-state index in [2.05, 4.69) is 94.0 Å². The number of pyridine rings is 1. The van der Waals surface area contributed by atoms with Crippen LogP contribution in [0.3, 0.4) is 0 Å². The Morgan fingerprint density at radius 3 is 2.50 bits per heavy atom. The van der Waals surface area contributed by atoms with Crippen LogP contribution in [-0.4, -0.2) is 30.1 Å². The van der Waals surface area contributed by atoms with E-state index in [1.807, 2.05) is 12.3 Å². The van der Waals surface area contributed by atoms with Crippen molar-refractivity contribution in [2.24, 2.45) is 0 Å². The molecule has 1 aliphatic heterocycles. The van der Waals surface area contributed by atoms with E-state index in [0.717, 1.165) is 12.2 Å². The van der Waals surface area contributed by atoms with Crippen LogP contribution in [0.1, 0.15) is 5.69 Å². The van der Waals surface area contributed by atoms with E-state index in [1.165, 1.54) is 10.6 Å². The normalized spacial score (nSPS) is 19.3. The molecule has 2 aromatic carbocycles. The summed E-state index contributed by atoms with van der Waals surface area (Å²) in [6.45, 7) is 3.46. The van der Waals surface area contributed by atoms with E-state index in [0.29, 0.717) is 0 Å². The van der Waals surface area contributed by atoms with Gasteiger partial charge < -0.3 is 0 Å². The van der Waals surface area contributed by atoms with Crippen molar-refractivity contribution in [3.8, 4) is 0 Å². The summed E-state index contributed by atoms with van der Waals surface area (Å²) < 4.78 is 4.26. The van der Waals surface area contributed by atoms with Crippen molar-refractivity contribution in [2.45, 2.75) is 18.0 Å². The SMILES string of the molecule is C[Si]1([Te]c2ccccc2)Sc2ccccc2N1Cc1ccccn1. The van der Waals surface area contributed by atoms with E-state index in [1.54, 1.807) is 3.61 Å². The van der Waals surface area contributed by atoms with Gasteiger partial charge in [0, 0.05) is 0 Å². The molecule has 120 valence electrons. The van der Waals surface area contributed by atoms with Crippen molar-refractivity contribution in [3.63, 3.8) is 0 Å². The minimum absolute atomic E-state index is 0.263. The molecule has 0 spiro atoms. The molecule has 1 unspecified atom stereocenters. The predicted molar refractivity (Wildman–Crippen MR) is 106 cm³/mol. The van der Waals surface area contributed by atoms with Gasteiger partial charge in [0.05, 0.1) is 0 Å². The van der Waals surface area contributed by atoms with E-state index in [9.17, 15) is 0 Å². The summed E-state index contributed by atoms with van der Waals surface area (Å²) in [5, 5.41) is 0. The monoisotopic (exact) mass is 464 g/mol. The number of aromatic nitrogens is 1. The maximum absolute atomic E-state index is 4.57. The number of benzene rings is 2. The number of hydrogen-bond donors (Lipinski definition) is 0. The summed E-state index contributed by atoms with van der Waals surface area (Å²) in [7, 11) is 0. The summed E-state index contributed by atoms with van der Waals surface area (Å²) in [4.78, 5) is 4.42. The van der Waals surface area contributed by atoms with Crippen molar-refractivity contribution in [1.29, 1.82) is 0 Å². The van der Waals surface area contributed by atoms with Crippen LogP contribution in [0, 0.1) is 0 Å². The zero-order valence-corrected chi connectivity index (χ0v) is 17.6. The van der Waals surface area contributed by atoms with Gasteiger partial charge in [0.1, 0.15) is 0 Å². The molecule has 1 aromatic heterocycles. The van der Waals surface area contributed by atoms with E-state index < -0.39 is 4.93 Å². The zero-order valence-electron chi connectivity index (χ0n) is 13.4.